The minimum Gasteiger partial charge on any atom is -0.379 e. The number of ketones is 1. The fourth-order valence-corrected chi connectivity index (χ4v) is 6.18. The molecular formula is C30H34N4O2. The van der Waals surface area contributed by atoms with Gasteiger partial charge in [-0.15, -0.1) is 0 Å². The Hall–Kier alpha value is -3.14. The van der Waals surface area contributed by atoms with Crippen LogP contribution < -0.4 is 4.90 Å². The van der Waals surface area contributed by atoms with Crippen LogP contribution in [0.15, 0.2) is 30.3 Å². The molecule has 1 aliphatic carbocycles. The molecule has 3 heterocycles. The van der Waals surface area contributed by atoms with E-state index in [-0.39, 0.29) is 22.4 Å². The van der Waals surface area contributed by atoms with Crippen molar-refractivity contribution >= 4 is 22.4 Å². The van der Waals surface area contributed by atoms with Crippen molar-refractivity contribution in [3.05, 3.63) is 63.8 Å². The van der Waals surface area contributed by atoms with E-state index in [9.17, 15) is 10.1 Å². The normalized spacial score (nSPS) is 23.4. The molecule has 2 aliphatic heterocycles. The minimum absolute atomic E-state index is 0.00886. The lowest BCUT2D eigenvalue weighted by Crippen LogP contribution is -2.49. The Morgan fingerprint density at radius 1 is 1.17 bits per heavy atom. The molecular weight excluding hydrogens is 448 g/mol. The van der Waals surface area contributed by atoms with Crippen LogP contribution in [0.5, 0.6) is 0 Å². The number of aryl methyl sites for hydroxylation is 1. The van der Waals surface area contributed by atoms with Gasteiger partial charge in [0.05, 0.1) is 30.4 Å². The highest BCUT2D eigenvalue weighted by atomic mass is 16.5. The number of H-pyrrole nitrogens is 1. The molecule has 3 aliphatic rings. The Labute approximate surface area is 221 Å². The van der Waals surface area contributed by atoms with Gasteiger partial charge in [0.2, 0.25) is 0 Å². The first-order valence-electron chi connectivity index (χ1n) is 15.8. The molecule has 2 aromatic carbocycles. The maximum Gasteiger partial charge on any atom is 0.195 e. The number of aromatic nitrogens is 1. The molecule has 0 unspecified atom stereocenters. The summed E-state index contributed by atoms with van der Waals surface area (Å²) in [6.45, 7) is 0.696. The number of nitriles is 1. The van der Waals surface area contributed by atoms with E-state index in [4.69, 9.17) is 13.0 Å². The Morgan fingerprint density at radius 2 is 1.94 bits per heavy atom. The molecule has 0 spiro atoms. The summed E-state index contributed by atoms with van der Waals surface area (Å²) in [5.74, 6) is -0.410. The lowest BCUT2D eigenvalue weighted by Gasteiger charge is -2.42. The van der Waals surface area contributed by atoms with Gasteiger partial charge in [0, 0.05) is 73.7 Å². The third kappa shape index (κ3) is 3.56. The van der Waals surface area contributed by atoms with Crippen molar-refractivity contribution in [3.8, 4) is 6.07 Å². The maximum absolute atomic E-state index is 14.2. The zero-order valence-corrected chi connectivity index (χ0v) is 20.5. The van der Waals surface area contributed by atoms with Crippen molar-refractivity contribution in [2.24, 2.45) is 0 Å². The zero-order chi connectivity index (χ0) is 30.0. The van der Waals surface area contributed by atoms with Crippen LogP contribution in [0, 0.1) is 11.3 Å². The molecule has 0 bridgehead atoms. The van der Waals surface area contributed by atoms with Gasteiger partial charge < -0.3 is 14.6 Å². The van der Waals surface area contributed by atoms with Crippen LogP contribution in [0.3, 0.4) is 0 Å². The van der Waals surface area contributed by atoms with Crippen LogP contribution in [0.25, 0.3) is 10.9 Å². The third-order valence-electron chi connectivity index (χ3n) is 8.15. The second-order valence-electron chi connectivity index (χ2n) is 10.1. The van der Waals surface area contributed by atoms with Gasteiger partial charge in [-0.2, -0.15) is 5.26 Å². The molecule has 6 rings (SSSR count). The van der Waals surface area contributed by atoms with E-state index in [0.29, 0.717) is 28.9 Å². The fraction of sp³-hybridized carbons (Fsp3) is 0.467. The van der Waals surface area contributed by atoms with E-state index in [1.807, 2.05) is 13.0 Å². The molecule has 2 fully saturated rings. The zero-order valence-electron chi connectivity index (χ0n) is 26.5. The molecule has 0 atom stereocenters. The SMILES string of the molecule is [2H]C([2H])([2H])C1(C([2H])([2H])[2H])c2cc(N3CCC(N4CCOCC4)CC3)c(CC)cc2C(=O)c2c1[nH]c1cc(C#N)ccc21. The average molecular weight is 489 g/mol. The fourth-order valence-electron chi connectivity index (χ4n) is 6.18. The van der Waals surface area contributed by atoms with E-state index in [1.165, 1.54) is 6.07 Å². The summed E-state index contributed by atoms with van der Waals surface area (Å²) in [5, 5.41) is 9.84. The highest BCUT2D eigenvalue weighted by Gasteiger charge is 2.40. The molecule has 36 heavy (non-hydrogen) atoms. The molecule has 0 amide bonds. The smallest absolute Gasteiger partial charge is 0.195 e. The van der Waals surface area contributed by atoms with E-state index < -0.39 is 24.9 Å². The minimum atomic E-state index is -3.03. The number of piperidine rings is 1. The maximum atomic E-state index is 14.2. The van der Waals surface area contributed by atoms with E-state index >= 15 is 0 Å². The Balaban J connectivity index is 1.53. The predicted molar refractivity (Wildman–Crippen MR) is 142 cm³/mol. The van der Waals surface area contributed by atoms with Crippen LogP contribution in [0.1, 0.15) is 80.0 Å². The summed E-state index contributed by atoms with van der Waals surface area (Å²) in [7, 11) is 0. The average Bonchev–Trinajstić information content (AvgIpc) is 3.34. The van der Waals surface area contributed by atoms with Gasteiger partial charge in [0.15, 0.2) is 5.78 Å². The first-order valence-corrected chi connectivity index (χ1v) is 12.8. The van der Waals surface area contributed by atoms with Gasteiger partial charge in [-0.1, -0.05) is 26.7 Å². The number of hydrogen-bond donors (Lipinski definition) is 1. The van der Waals surface area contributed by atoms with Crippen molar-refractivity contribution in [1.29, 1.82) is 5.26 Å². The summed E-state index contributed by atoms with van der Waals surface area (Å²) in [4.78, 5) is 21.9. The first-order chi connectivity index (χ1) is 19.9. The second kappa shape index (κ2) is 8.76. The molecule has 0 radical (unpaired) electrons. The van der Waals surface area contributed by atoms with E-state index in [0.717, 1.165) is 63.5 Å². The third-order valence-corrected chi connectivity index (χ3v) is 8.15. The summed E-state index contributed by atoms with van der Waals surface area (Å²) >= 11 is 0. The molecule has 3 aromatic rings. The van der Waals surface area contributed by atoms with Crippen molar-refractivity contribution in [2.45, 2.75) is 51.3 Å². The number of nitrogens with one attached hydrogen (secondary N) is 1. The topological polar surface area (TPSA) is 72.4 Å². The van der Waals surface area contributed by atoms with Crippen LogP contribution in [0.2, 0.25) is 0 Å². The Bertz CT molecular complexity index is 1570. The van der Waals surface area contributed by atoms with Gasteiger partial charge in [-0.25, -0.2) is 0 Å². The number of ether oxygens (including phenoxy) is 1. The van der Waals surface area contributed by atoms with Crippen LogP contribution in [0.4, 0.5) is 5.69 Å². The van der Waals surface area contributed by atoms with Crippen molar-refractivity contribution in [3.63, 3.8) is 0 Å². The van der Waals surface area contributed by atoms with Gasteiger partial charge in [-0.3, -0.25) is 9.69 Å². The van der Waals surface area contributed by atoms with Gasteiger partial charge in [0.25, 0.3) is 0 Å². The molecule has 2 saturated heterocycles. The van der Waals surface area contributed by atoms with Crippen molar-refractivity contribution in [1.82, 2.24) is 9.88 Å². The number of anilines is 1. The van der Waals surface area contributed by atoms with Crippen LogP contribution in [-0.4, -0.2) is 61.1 Å². The highest BCUT2D eigenvalue weighted by molar-refractivity contribution is 6.20. The number of carbonyl (C=O) groups excluding carboxylic acids is 1. The predicted octanol–water partition coefficient (Wildman–Crippen LogP) is 4.77. The molecule has 186 valence electrons. The second-order valence-corrected chi connectivity index (χ2v) is 10.1. The number of carbonyl (C=O) groups is 1. The molecule has 6 nitrogen and oxygen atoms in total. The number of morpholine rings is 1. The van der Waals surface area contributed by atoms with Crippen molar-refractivity contribution < 1.29 is 17.8 Å². The molecule has 1 N–H and O–H groups in total. The summed E-state index contributed by atoms with van der Waals surface area (Å²) in [6.07, 6.45) is 2.45. The Morgan fingerprint density at radius 3 is 2.64 bits per heavy atom. The number of nitrogens with zero attached hydrogens (tertiary/aromatic N) is 3. The van der Waals surface area contributed by atoms with Crippen LogP contribution >= 0.6 is 0 Å². The van der Waals surface area contributed by atoms with Crippen molar-refractivity contribution in [2.75, 3.05) is 44.3 Å². The summed E-state index contributed by atoms with van der Waals surface area (Å²) < 4.78 is 57.9. The number of fused-ring (bicyclic) bond motifs is 4. The molecule has 6 heteroatoms. The van der Waals surface area contributed by atoms with E-state index in [1.54, 1.807) is 24.3 Å². The monoisotopic (exact) mass is 488 g/mol. The quantitative estimate of drug-likeness (QED) is 0.575. The lowest BCUT2D eigenvalue weighted by atomic mass is 9.70. The standard InChI is InChI=1S/C30H34N4O2/c1-4-20-16-23-24(17-26(20)34-9-7-21(8-10-34)33-11-13-36-14-12-33)30(2,3)29-27(28(23)35)22-6-5-19(18-31)15-25(22)32-29/h5-6,15-17,21,32H,4,7-14H2,1-3H3/i2D3,3D3. The number of hydrogen-bond acceptors (Lipinski definition) is 5. The first kappa shape index (κ1) is 17.3. The largest absolute Gasteiger partial charge is 0.379 e. The Kier molecular flexibility index (Phi) is 4.22. The summed E-state index contributed by atoms with van der Waals surface area (Å²) in [5.41, 5.74) is -0.0900. The van der Waals surface area contributed by atoms with E-state index in [2.05, 4.69) is 14.8 Å². The highest BCUT2D eigenvalue weighted by Crippen LogP contribution is 2.46. The number of rotatable bonds is 3. The molecule has 0 saturated carbocycles. The number of benzene rings is 2. The van der Waals surface area contributed by atoms with Crippen LogP contribution in [-0.2, 0) is 16.6 Å². The van der Waals surface area contributed by atoms with Gasteiger partial charge in [-0.05, 0) is 54.7 Å². The van der Waals surface area contributed by atoms with Gasteiger partial charge >= 0.3 is 0 Å². The number of aromatic amines is 1. The lowest BCUT2D eigenvalue weighted by molar-refractivity contribution is 0.0115. The van der Waals surface area contributed by atoms with Gasteiger partial charge in [0.1, 0.15) is 0 Å². The molecule has 1 aromatic heterocycles. The summed E-state index contributed by atoms with van der Waals surface area (Å²) in [6, 6.07) is 10.5.